The van der Waals surface area contributed by atoms with Gasteiger partial charge in [0.15, 0.2) is 5.60 Å². The van der Waals surface area contributed by atoms with E-state index in [1.807, 2.05) is 31.2 Å². The second-order valence-corrected chi connectivity index (χ2v) is 7.23. The Balaban J connectivity index is 1.42. The number of rotatable bonds is 4. The highest BCUT2D eigenvalue weighted by molar-refractivity contribution is 6.02. The lowest BCUT2D eigenvalue weighted by Crippen LogP contribution is -2.38. The highest BCUT2D eigenvalue weighted by Crippen LogP contribution is 2.40. The Morgan fingerprint density at radius 2 is 2.00 bits per heavy atom. The highest BCUT2D eigenvalue weighted by Gasteiger charge is 2.42. The predicted octanol–water partition coefficient (Wildman–Crippen LogP) is 4.75. The molecule has 1 aliphatic heterocycles. The lowest BCUT2D eigenvalue weighted by atomic mass is 9.82. The number of allylic oxidation sites excluding steroid dienone is 1. The molecule has 1 fully saturated rings. The molecule has 140 valence electrons. The summed E-state index contributed by atoms with van der Waals surface area (Å²) in [6, 6.07) is 8.57. The van der Waals surface area contributed by atoms with E-state index in [1.54, 1.807) is 12.1 Å². The molecule has 2 aliphatic rings. The Hall–Kier alpha value is -2.82. The molecule has 2 heterocycles. The van der Waals surface area contributed by atoms with Crippen LogP contribution in [0.5, 0.6) is 5.75 Å². The summed E-state index contributed by atoms with van der Waals surface area (Å²) in [6.45, 7) is 2.35. The van der Waals surface area contributed by atoms with E-state index in [1.165, 1.54) is 12.5 Å². The lowest BCUT2D eigenvalue weighted by Gasteiger charge is -2.33. The van der Waals surface area contributed by atoms with E-state index in [9.17, 15) is 4.79 Å². The van der Waals surface area contributed by atoms with Crippen molar-refractivity contribution in [2.75, 3.05) is 6.61 Å². The molecule has 0 radical (unpaired) electrons. The van der Waals surface area contributed by atoms with E-state index in [-0.39, 0.29) is 5.63 Å². The molecule has 1 spiro atoms. The van der Waals surface area contributed by atoms with Crippen LogP contribution in [0.1, 0.15) is 39.0 Å². The zero-order valence-electron chi connectivity index (χ0n) is 15.4. The Labute approximate surface area is 157 Å². The van der Waals surface area contributed by atoms with Crippen LogP contribution in [-0.2, 0) is 4.74 Å². The number of benzene rings is 1. The zero-order chi connectivity index (χ0) is 18.9. The van der Waals surface area contributed by atoms with E-state index < -0.39 is 5.60 Å². The van der Waals surface area contributed by atoms with Gasteiger partial charge in [-0.25, -0.2) is 4.79 Å². The summed E-state index contributed by atoms with van der Waals surface area (Å²) in [5.41, 5.74) is 1.29. The van der Waals surface area contributed by atoms with E-state index in [0.717, 1.165) is 42.4 Å². The fraction of sp³-hybridized carbons (Fsp3) is 0.364. The standard InChI is InChI=1S/C22H23NO4/c1-15(18-14-20(23)22(27-18)10-3-2-4-11-22)9-12-25-17-7-5-16-6-8-21(24)26-19(16)13-17/h5-9,13-14,23H,2-4,10-12H2,1H3/b15-9+,23-20?. The van der Waals surface area contributed by atoms with Crippen molar-refractivity contribution in [2.45, 2.75) is 44.6 Å². The first-order valence-electron chi connectivity index (χ1n) is 9.39. The summed E-state index contributed by atoms with van der Waals surface area (Å²) >= 11 is 0. The van der Waals surface area contributed by atoms with Gasteiger partial charge in [-0.3, -0.25) is 0 Å². The third-order valence-electron chi connectivity index (χ3n) is 5.36. The highest BCUT2D eigenvalue weighted by atomic mass is 16.5. The summed E-state index contributed by atoms with van der Waals surface area (Å²) in [5.74, 6) is 1.41. The van der Waals surface area contributed by atoms with Gasteiger partial charge in [0.1, 0.15) is 23.7 Å². The molecule has 27 heavy (non-hydrogen) atoms. The molecule has 1 aliphatic carbocycles. The van der Waals surface area contributed by atoms with Crippen LogP contribution in [-0.4, -0.2) is 17.9 Å². The molecular weight excluding hydrogens is 342 g/mol. The Kier molecular flexibility index (Phi) is 4.60. The van der Waals surface area contributed by atoms with Crippen LogP contribution >= 0.6 is 0 Å². The first kappa shape index (κ1) is 17.6. The van der Waals surface area contributed by atoms with Crippen LogP contribution in [0, 0.1) is 5.41 Å². The SMILES string of the molecule is C/C(=C\COc1ccc2ccc(=O)oc2c1)C1=CC(=N)C2(CCCCC2)O1. The van der Waals surface area contributed by atoms with Crippen LogP contribution < -0.4 is 10.4 Å². The van der Waals surface area contributed by atoms with Crippen LogP contribution in [0.2, 0.25) is 0 Å². The van der Waals surface area contributed by atoms with Gasteiger partial charge in [0, 0.05) is 23.6 Å². The molecule has 0 amide bonds. The zero-order valence-corrected chi connectivity index (χ0v) is 15.4. The summed E-state index contributed by atoms with van der Waals surface area (Å²) in [4.78, 5) is 11.3. The van der Waals surface area contributed by atoms with E-state index in [4.69, 9.17) is 19.3 Å². The monoisotopic (exact) mass is 365 g/mol. The molecule has 0 saturated heterocycles. The van der Waals surface area contributed by atoms with Gasteiger partial charge >= 0.3 is 5.63 Å². The average molecular weight is 365 g/mol. The quantitative estimate of drug-likeness (QED) is 0.793. The van der Waals surface area contributed by atoms with Crippen LogP contribution in [0.4, 0.5) is 0 Å². The minimum absolute atomic E-state index is 0.370. The van der Waals surface area contributed by atoms with Gasteiger partial charge in [-0.2, -0.15) is 0 Å². The third-order valence-corrected chi connectivity index (χ3v) is 5.36. The molecule has 0 bridgehead atoms. The molecule has 1 aromatic heterocycles. The molecule has 0 atom stereocenters. The van der Waals surface area contributed by atoms with E-state index in [0.29, 0.717) is 23.7 Å². The number of nitrogens with one attached hydrogen (secondary N) is 1. The Morgan fingerprint density at radius 1 is 1.22 bits per heavy atom. The topological polar surface area (TPSA) is 72.5 Å². The van der Waals surface area contributed by atoms with Crippen molar-refractivity contribution >= 4 is 16.7 Å². The summed E-state index contributed by atoms with van der Waals surface area (Å²) in [7, 11) is 0. The maximum atomic E-state index is 11.3. The van der Waals surface area contributed by atoms with Crippen molar-refractivity contribution in [3.05, 3.63) is 64.2 Å². The number of fused-ring (bicyclic) bond motifs is 1. The minimum Gasteiger partial charge on any atom is -0.489 e. The minimum atomic E-state index is -0.403. The second kappa shape index (κ2) is 7.06. The number of hydrogen-bond acceptors (Lipinski definition) is 5. The average Bonchev–Trinajstić information content (AvgIpc) is 2.98. The van der Waals surface area contributed by atoms with Gasteiger partial charge in [-0.05, 0) is 62.5 Å². The fourth-order valence-electron chi connectivity index (χ4n) is 3.74. The maximum absolute atomic E-state index is 11.3. The molecule has 0 unspecified atom stereocenters. The van der Waals surface area contributed by atoms with E-state index in [2.05, 4.69) is 0 Å². The summed E-state index contributed by atoms with van der Waals surface area (Å²) < 4.78 is 17.2. The molecule has 1 aromatic carbocycles. The van der Waals surface area contributed by atoms with E-state index >= 15 is 0 Å². The molecule has 5 nitrogen and oxygen atoms in total. The molecule has 5 heteroatoms. The number of hydrogen-bond donors (Lipinski definition) is 1. The van der Waals surface area contributed by atoms with Crippen molar-refractivity contribution in [1.29, 1.82) is 5.41 Å². The van der Waals surface area contributed by atoms with Gasteiger partial charge in [0.25, 0.3) is 0 Å². The predicted molar refractivity (Wildman–Crippen MR) is 104 cm³/mol. The van der Waals surface area contributed by atoms with Crippen LogP contribution in [0.3, 0.4) is 0 Å². The van der Waals surface area contributed by atoms with Gasteiger partial charge in [-0.1, -0.05) is 6.42 Å². The largest absolute Gasteiger partial charge is 0.489 e. The van der Waals surface area contributed by atoms with Crippen molar-refractivity contribution < 1.29 is 13.9 Å². The molecule has 1 saturated carbocycles. The van der Waals surface area contributed by atoms with Crippen LogP contribution in [0.25, 0.3) is 11.0 Å². The summed E-state index contributed by atoms with van der Waals surface area (Å²) in [6.07, 6.45) is 9.12. The molecule has 4 rings (SSSR count). The fourth-order valence-corrected chi connectivity index (χ4v) is 3.74. The Bertz CT molecular complexity index is 993. The van der Waals surface area contributed by atoms with Crippen molar-refractivity contribution in [2.24, 2.45) is 0 Å². The van der Waals surface area contributed by atoms with Crippen molar-refractivity contribution in [3.8, 4) is 5.75 Å². The summed E-state index contributed by atoms with van der Waals surface area (Å²) in [5, 5.41) is 9.18. The normalized spacial score (nSPS) is 19.2. The smallest absolute Gasteiger partial charge is 0.336 e. The molecule has 1 N–H and O–H groups in total. The van der Waals surface area contributed by atoms with Gasteiger partial charge < -0.3 is 19.3 Å². The maximum Gasteiger partial charge on any atom is 0.336 e. The molecule has 2 aromatic rings. The Morgan fingerprint density at radius 3 is 2.81 bits per heavy atom. The number of ether oxygens (including phenoxy) is 2. The van der Waals surface area contributed by atoms with Gasteiger partial charge in [0.2, 0.25) is 0 Å². The van der Waals surface area contributed by atoms with Crippen molar-refractivity contribution in [1.82, 2.24) is 0 Å². The first-order chi connectivity index (χ1) is 13.1. The van der Waals surface area contributed by atoms with Crippen LogP contribution in [0.15, 0.2) is 63.0 Å². The molecular formula is C22H23NO4. The second-order valence-electron chi connectivity index (χ2n) is 7.23. The van der Waals surface area contributed by atoms with Crippen molar-refractivity contribution in [3.63, 3.8) is 0 Å². The van der Waals surface area contributed by atoms with Gasteiger partial charge in [0.05, 0.1) is 5.71 Å². The van der Waals surface area contributed by atoms with Gasteiger partial charge in [-0.15, -0.1) is 0 Å². The lowest BCUT2D eigenvalue weighted by molar-refractivity contribution is 0.0455. The first-order valence-corrected chi connectivity index (χ1v) is 9.39. The third kappa shape index (κ3) is 3.54.